The van der Waals surface area contributed by atoms with Crippen LogP contribution in [0.2, 0.25) is 0 Å². The number of carbonyl (C=O) groups excluding carboxylic acids is 1. The normalized spacial score (nSPS) is 9.76. The fourth-order valence-electron chi connectivity index (χ4n) is 1.40. The predicted molar refractivity (Wildman–Crippen MR) is 63.1 cm³/mol. The summed E-state index contributed by atoms with van der Waals surface area (Å²) in [6.45, 7) is -0.0271. The zero-order chi connectivity index (χ0) is 13.0. The van der Waals surface area contributed by atoms with Crippen LogP contribution in [0, 0.1) is 0 Å². The lowest BCUT2D eigenvalue weighted by Gasteiger charge is -2.19. The number of nitrogens with zero attached hydrogens (tertiary/aromatic N) is 1. The number of likely N-dealkylation sites (N-methyl/N-ethyl adjacent to an activating group) is 1. The molecule has 3 N–H and O–H groups in total. The molecule has 0 aliphatic carbocycles. The summed E-state index contributed by atoms with van der Waals surface area (Å²) >= 11 is 0. The van der Waals surface area contributed by atoms with Crippen molar-refractivity contribution >= 4 is 23.3 Å². The molecule has 0 aliphatic rings. The van der Waals surface area contributed by atoms with Gasteiger partial charge < -0.3 is 20.5 Å². The molecule has 0 heterocycles. The first-order chi connectivity index (χ1) is 7.95. The van der Waals surface area contributed by atoms with Crippen LogP contribution in [-0.2, 0) is 9.53 Å². The molecular weight excluding hydrogens is 224 g/mol. The van der Waals surface area contributed by atoms with Gasteiger partial charge in [-0.25, -0.2) is 4.79 Å². The summed E-state index contributed by atoms with van der Waals surface area (Å²) in [5.74, 6) is -1.54. The summed E-state index contributed by atoms with van der Waals surface area (Å²) in [5, 5.41) is 9.03. The molecule has 92 valence electrons. The molecule has 1 aromatic rings. The molecule has 0 aromatic heterocycles. The molecule has 0 aliphatic heterocycles. The quantitative estimate of drug-likeness (QED) is 0.588. The highest BCUT2D eigenvalue weighted by atomic mass is 16.5. The number of benzene rings is 1. The Bertz CT molecular complexity index is 445. The van der Waals surface area contributed by atoms with Gasteiger partial charge in [-0.1, -0.05) is 0 Å². The number of rotatable bonds is 4. The lowest BCUT2D eigenvalue weighted by Crippen LogP contribution is -2.27. The monoisotopic (exact) mass is 238 g/mol. The predicted octanol–water partition coefficient (Wildman–Crippen LogP) is 0.576. The number of carboxylic acids is 1. The molecule has 0 bridgehead atoms. The molecule has 0 atom stereocenters. The first-order valence-corrected chi connectivity index (χ1v) is 4.86. The number of carboxylic acid groups (broad SMARTS) is 1. The molecule has 6 nitrogen and oxygen atoms in total. The minimum atomic E-state index is -1.09. The first kappa shape index (κ1) is 12.8. The van der Waals surface area contributed by atoms with Crippen molar-refractivity contribution in [2.75, 3.05) is 31.3 Å². The van der Waals surface area contributed by atoms with Crippen molar-refractivity contribution < 1.29 is 19.4 Å². The van der Waals surface area contributed by atoms with E-state index in [0.717, 1.165) is 0 Å². The average Bonchev–Trinajstić information content (AvgIpc) is 2.28. The molecule has 0 saturated heterocycles. The number of anilines is 2. The number of hydrogen-bond acceptors (Lipinski definition) is 5. The Morgan fingerprint density at radius 1 is 1.47 bits per heavy atom. The summed E-state index contributed by atoms with van der Waals surface area (Å²) in [7, 11) is 2.88. The van der Waals surface area contributed by atoms with Crippen LogP contribution >= 0.6 is 0 Å². The largest absolute Gasteiger partial charge is 0.478 e. The first-order valence-electron chi connectivity index (χ1n) is 4.86. The SMILES string of the molecule is COC(=O)CN(C)c1ccc(N)cc1C(=O)O. The van der Waals surface area contributed by atoms with Crippen LogP contribution in [0.3, 0.4) is 0 Å². The Labute approximate surface area is 98.6 Å². The molecule has 0 radical (unpaired) electrons. The fourth-order valence-corrected chi connectivity index (χ4v) is 1.40. The maximum absolute atomic E-state index is 11.1. The smallest absolute Gasteiger partial charge is 0.337 e. The minimum Gasteiger partial charge on any atom is -0.478 e. The van der Waals surface area contributed by atoms with E-state index in [0.29, 0.717) is 11.4 Å². The maximum atomic E-state index is 11.1. The van der Waals surface area contributed by atoms with Crippen molar-refractivity contribution in [3.63, 3.8) is 0 Å². The number of aromatic carboxylic acids is 1. The molecule has 1 rings (SSSR count). The Morgan fingerprint density at radius 2 is 2.12 bits per heavy atom. The summed E-state index contributed by atoms with van der Waals surface area (Å²) < 4.78 is 4.51. The molecule has 0 saturated carbocycles. The van der Waals surface area contributed by atoms with Crippen LogP contribution < -0.4 is 10.6 Å². The lowest BCUT2D eigenvalue weighted by molar-refractivity contribution is -0.138. The fraction of sp³-hybridized carbons (Fsp3) is 0.273. The number of nitrogens with two attached hydrogens (primary N) is 1. The second-order valence-electron chi connectivity index (χ2n) is 3.51. The number of hydrogen-bond donors (Lipinski definition) is 2. The zero-order valence-electron chi connectivity index (χ0n) is 9.64. The van der Waals surface area contributed by atoms with Gasteiger partial charge in [-0.2, -0.15) is 0 Å². The number of nitrogen functional groups attached to an aromatic ring is 1. The van der Waals surface area contributed by atoms with Gasteiger partial charge >= 0.3 is 11.9 Å². The van der Waals surface area contributed by atoms with Gasteiger partial charge in [0, 0.05) is 12.7 Å². The highest BCUT2D eigenvalue weighted by Crippen LogP contribution is 2.22. The van der Waals surface area contributed by atoms with Crippen molar-refractivity contribution in [2.45, 2.75) is 0 Å². The standard InChI is InChI=1S/C11H14N2O4/c1-13(6-10(14)17-2)9-4-3-7(12)5-8(9)11(15)16/h3-5H,6,12H2,1-2H3,(H,15,16). The molecule has 0 spiro atoms. The van der Waals surface area contributed by atoms with Crippen LogP contribution in [0.1, 0.15) is 10.4 Å². The van der Waals surface area contributed by atoms with E-state index < -0.39 is 11.9 Å². The summed E-state index contributed by atoms with van der Waals surface area (Å²) in [6.07, 6.45) is 0. The highest BCUT2D eigenvalue weighted by molar-refractivity contribution is 5.96. The molecule has 17 heavy (non-hydrogen) atoms. The third-order valence-electron chi connectivity index (χ3n) is 2.26. The summed E-state index contributed by atoms with van der Waals surface area (Å²) in [5.41, 5.74) is 6.34. The molecule has 6 heteroatoms. The second-order valence-corrected chi connectivity index (χ2v) is 3.51. The van der Waals surface area contributed by atoms with Crippen molar-refractivity contribution in [1.29, 1.82) is 0 Å². The van der Waals surface area contributed by atoms with E-state index in [2.05, 4.69) is 4.74 Å². The van der Waals surface area contributed by atoms with Gasteiger partial charge in [-0.05, 0) is 18.2 Å². The zero-order valence-corrected chi connectivity index (χ0v) is 9.64. The number of carbonyl (C=O) groups is 2. The Kier molecular flexibility index (Phi) is 3.92. The molecule has 0 unspecified atom stereocenters. The Hall–Kier alpha value is -2.24. The van der Waals surface area contributed by atoms with Crippen LogP contribution in [0.25, 0.3) is 0 Å². The maximum Gasteiger partial charge on any atom is 0.337 e. The van der Waals surface area contributed by atoms with Crippen molar-refractivity contribution in [1.82, 2.24) is 0 Å². The van der Waals surface area contributed by atoms with Gasteiger partial charge in [0.2, 0.25) is 0 Å². The van der Waals surface area contributed by atoms with Crippen molar-refractivity contribution in [3.8, 4) is 0 Å². The highest BCUT2D eigenvalue weighted by Gasteiger charge is 2.15. The van der Waals surface area contributed by atoms with E-state index in [9.17, 15) is 9.59 Å². The Morgan fingerprint density at radius 3 is 2.65 bits per heavy atom. The van der Waals surface area contributed by atoms with Crippen LogP contribution in [0.5, 0.6) is 0 Å². The van der Waals surface area contributed by atoms with Crippen LogP contribution in [0.4, 0.5) is 11.4 Å². The Balaban J connectivity index is 3.04. The third kappa shape index (κ3) is 3.10. The number of ether oxygens (including phenoxy) is 1. The molecule has 0 fully saturated rings. The van der Waals surface area contributed by atoms with Gasteiger partial charge in [0.1, 0.15) is 6.54 Å². The number of esters is 1. The van der Waals surface area contributed by atoms with E-state index in [1.165, 1.54) is 18.1 Å². The average molecular weight is 238 g/mol. The van der Waals surface area contributed by atoms with Gasteiger partial charge in [0.15, 0.2) is 0 Å². The van der Waals surface area contributed by atoms with Crippen molar-refractivity contribution in [3.05, 3.63) is 23.8 Å². The van der Waals surface area contributed by atoms with E-state index >= 15 is 0 Å². The summed E-state index contributed by atoms with van der Waals surface area (Å²) in [4.78, 5) is 23.6. The molecular formula is C11H14N2O4. The van der Waals surface area contributed by atoms with Gasteiger partial charge in [-0.3, -0.25) is 4.79 Å². The van der Waals surface area contributed by atoms with Crippen LogP contribution in [-0.4, -0.2) is 37.7 Å². The van der Waals surface area contributed by atoms with E-state index in [-0.39, 0.29) is 12.1 Å². The van der Waals surface area contributed by atoms with Gasteiger partial charge in [0.25, 0.3) is 0 Å². The lowest BCUT2D eigenvalue weighted by atomic mass is 10.1. The molecule has 1 aromatic carbocycles. The van der Waals surface area contributed by atoms with Crippen molar-refractivity contribution in [2.24, 2.45) is 0 Å². The topological polar surface area (TPSA) is 92.9 Å². The minimum absolute atomic E-state index is 0.0271. The summed E-state index contributed by atoms with van der Waals surface area (Å²) in [6, 6.07) is 4.49. The number of methoxy groups -OCH3 is 1. The van der Waals surface area contributed by atoms with Gasteiger partial charge in [-0.15, -0.1) is 0 Å². The third-order valence-corrected chi connectivity index (χ3v) is 2.26. The van der Waals surface area contributed by atoms with Crippen LogP contribution in [0.15, 0.2) is 18.2 Å². The molecule has 0 amide bonds. The van der Waals surface area contributed by atoms with E-state index in [4.69, 9.17) is 10.8 Å². The van der Waals surface area contributed by atoms with E-state index in [1.54, 1.807) is 19.2 Å². The van der Waals surface area contributed by atoms with E-state index in [1.807, 2.05) is 0 Å². The second kappa shape index (κ2) is 5.20. The van der Waals surface area contributed by atoms with Gasteiger partial charge in [0.05, 0.1) is 18.4 Å².